The summed E-state index contributed by atoms with van der Waals surface area (Å²) in [5.41, 5.74) is 3.68. The Bertz CT molecular complexity index is 1420. The van der Waals surface area contributed by atoms with Gasteiger partial charge in [-0.25, -0.2) is 8.42 Å². The van der Waals surface area contributed by atoms with Crippen molar-refractivity contribution in [2.75, 3.05) is 23.0 Å². The second-order valence-electron chi connectivity index (χ2n) is 7.90. The van der Waals surface area contributed by atoms with E-state index in [2.05, 4.69) is 15.5 Å². The lowest BCUT2D eigenvalue weighted by Crippen LogP contribution is -2.29. The first-order valence-corrected chi connectivity index (χ1v) is 13.3. The highest BCUT2D eigenvalue weighted by Gasteiger charge is 2.19. The smallest absolute Gasteiger partial charge is 0.257 e. The van der Waals surface area contributed by atoms with Crippen molar-refractivity contribution in [1.82, 2.24) is 10.2 Å². The van der Waals surface area contributed by atoms with Gasteiger partial charge in [-0.05, 0) is 61.0 Å². The lowest BCUT2D eigenvalue weighted by molar-refractivity contribution is 0.102. The molecule has 0 bridgehead atoms. The van der Waals surface area contributed by atoms with E-state index in [4.69, 9.17) is 4.74 Å². The third-order valence-corrected chi connectivity index (χ3v) is 7.28. The van der Waals surface area contributed by atoms with Gasteiger partial charge in [0.25, 0.3) is 5.91 Å². The van der Waals surface area contributed by atoms with Crippen LogP contribution in [0, 0.1) is 6.92 Å². The van der Waals surface area contributed by atoms with E-state index in [1.54, 1.807) is 31.4 Å². The zero-order valence-corrected chi connectivity index (χ0v) is 21.1. The van der Waals surface area contributed by atoms with Crippen molar-refractivity contribution >= 4 is 38.1 Å². The molecule has 0 unspecified atom stereocenters. The molecule has 10 heteroatoms. The third-order valence-electron chi connectivity index (χ3n) is 5.25. The van der Waals surface area contributed by atoms with E-state index in [1.807, 2.05) is 55.5 Å². The summed E-state index contributed by atoms with van der Waals surface area (Å²) in [5, 5.41) is 12.0. The Morgan fingerprint density at radius 2 is 1.63 bits per heavy atom. The molecule has 0 aliphatic carbocycles. The molecule has 1 N–H and O–H groups in total. The quantitative estimate of drug-likeness (QED) is 0.369. The normalized spacial score (nSPS) is 11.2. The van der Waals surface area contributed by atoms with Crippen molar-refractivity contribution in [3.8, 4) is 16.3 Å². The summed E-state index contributed by atoms with van der Waals surface area (Å²) in [6.45, 7) is 2.17. The van der Waals surface area contributed by atoms with E-state index >= 15 is 0 Å². The molecule has 1 heterocycles. The van der Waals surface area contributed by atoms with Gasteiger partial charge in [0.2, 0.25) is 15.2 Å². The van der Waals surface area contributed by atoms with Gasteiger partial charge in [0.1, 0.15) is 10.8 Å². The number of ether oxygens (including phenoxy) is 1. The number of amides is 1. The summed E-state index contributed by atoms with van der Waals surface area (Å²) in [7, 11) is -1.93. The van der Waals surface area contributed by atoms with Crippen molar-refractivity contribution in [1.29, 1.82) is 0 Å². The number of aromatic nitrogens is 2. The molecule has 35 heavy (non-hydrogen) atoms. The number of carbonyl (C=O) groups is 1. The minimum absolute atomic E-state index is 0.198. The molecule has 0 fully saturated rings. The number of sulfonamides is 1. The molecule has 8 nitrogen and oxygen atoms in total. The van der Waals surface area contributed by atoms with Gasteiger partial charge in [0.05, 0.1) is 25.6 Å². The number of benzene rings is 3. The van der Waals surface area contributed by atoms with Crippen molar-refractivity contribution < 1.29 is 17.9 Å². The van der Waals surface area contributed by atoms with Crippen LogP contribution in [-0.4, -0.2) is 37.9 Å². The number of aryl methyl sites for hydroxylation is 1. The minimum atomic E-state index is -3.53. The van der Waals surface area contributed by atoms with E-state index in [0.717, 1.165) is 28.7 Å². The number of methoxy groups -OCH3 is 1. The predicted octanol–water partition coefficient (Wildman–Crippen LogP) is 4.74. The highest BCUT2D eigenvalue weighted by Crippen LogP contribution is 2.28. The lowest BCUT2D eigenvalue weighted by Gasteiger charge is -2.23. The molecule has 0 atom stereocenters. The maximum absolute atomic E-state index is 12.7. The molecule has 0 aliphatic heterocycles. The summed E-state index contributed by atoms with van der Waals surface area (Å²) in [4.78, 5) is 12.7. The van der Waals surface area contributed by atoms with Crippen LogP contribution in [0.2, 0.25) is 0 Å². The second kappa shape index (κ2) is 10.2. The predicted molar refractivity (Wildman–Crippen MR) is 138 cm³/mol. The van der Waals surface area contributed by atoms with Gasteiger partial charge >= 0.3 is 0 Å². The summed E-state index contributed by atoms with van der Waals surface area (Å²) in [5.74, 6) is 0.377. The fraction of sp³-hybridized carbons (Fsp3) is 0.160. The van der Waals surface area contributed by atoms with Crippen LogP contribution in [0.4, 0.5) is 10.8 Å². The minimum Gasteiger partial charge on any atom is -0.497 e. The average Bonchev–Trinajstić information content (AvgIpc) is 3.31. The Balaban J connectivity index is 1.47. The molecule has 3 aromatic carbocycles. The van der Waals surface area contributed by atoms with Gasteiger partial charge in [-0.3, -0.25) is 14.4 Å². The van der Waals surface area contributed by atoms with Crippen LogP contribution in [0.25, 0.3) is 10.6 Å². The number of anilines is 2. The molecule has 180 valence electrons. The summed E-state index contributed by atoms with van der Waals surface area (Å²) < 4.78 is 31.4. The zero-order chi connectivity index (χ0) is 25.0. The van der Waals surface area contributed by atoms with Gasteiger partial charge in [0, 0.05) is 11.1 Å². The number of nitrogens with zero attached hydrogens (tertiary/aromatic N) is 3. The van der Waals surface area contributed by atoms with Crippen molar-refractivity contribution in [2.24, 2.45) is 0 Å². The fourth-order valence-corrected chi connectivity index (χ4v) is 4.96. The Morgan fingerprint density at radius 1 is 0.971 bits per heavy atom. The highest BCUT2D eigenvalue weighted by atomic mass is 32.2. The Labute approximate surface area is 208 Å². The van der Waals surface area contributed by atoms with Crippen LogP contribution in [0.1, 0.15) is 21.5 Å². The molecule has 0 aliphatic rings. The standard InChI is InChI=1S/C25H24N4O4S2/c1-17-4-6-18(7-5-17)16-29(35(3,31)32)21-12-8-19(9-13-21)23(30)26-25-28-27-24(34-25)20-10-14-22(33-2)15-11-20/h4-15H,16H2,1-3H3,(H,26,28,30). The van der Waals surface area contributed by atoms with Crippen molar-refractivity contribution in [3.05, 3.63) is 89.5 Å². The lowest BCUT2D eigenvalue weighted by atomic mass is 10.1. The average molecular weight is 509 g/mol. The molecular formula is C25H24N4O4S2. The number of hydrogen-bond donors (Lipinski definition) is 1. The molecule has 0 saturated carbocycles. The van der Waals surface area contributed by atoms with Crippen LogP contribution >= 0.6 is 11.3 Å². The Morgan fingerprint density at radius 3 is 2.23 bits per heavy atom. The van der Waals surface area contributed by atoms with E-state index in [9.17, 15) is 13.2 Å². The van der Waals surface area contributed by atoms with Gasteiger partial charge in [-0.1, -0.05) is 41.2 Å². The number of hydrogen-bond acceptors (Lipinski definition) is 7. The van der Waals surface area contributed by atoms with Crippen LogP contribution in [0.15, 0.2) is 72.8 Å². The van der Waals surface area contributed by atoms with Crippen LogP contribution in [0.3, 0.4) is 0 Å². The van der Waals surface area contributed by atoms with Crippen molar-refractivity contribution in [2.45, 2.75) is 13.5 Å². The highest BCUT2D eigenvalue weighted by molar-refractivity contribution is 7.92. The summed E-state index contributed by atoms with van der Waals surface area (Å²) >= 11 is 1.25. The number of carbonyl (C=O) groups excluding carboxylic acids is 1. The first kappa shape index (κ1) is 24.4. The van der Waals surface area contributed by atoms with Crippen LogP contribution in [-0.2, 0) is 16.6 Å². The SMILES string of the molecule is COc1ccc(-c2nnc(NC(=O)c3ccc(N(Cc4ccc(C)cc4)S(C)(=O)=O)cc3)s2)cc1. The largest absolute Gasteiger partial charge is 0.497 e. The zero-order valence-electron chi connectivity index (χ0n) is 19.4. The maximum Gasteiger partial charge on any atom is 0.257 e. The van der Waals surface area contributed by atoms with Gasteiger partial charge < -0.3 is 4.74 Å². The molecular weight excluding hydrogens is 484 g/mol. The summed E-state index contributed by atoms with van der Waals surface area (Å²) in [6.07, 6.45) is 1.16. The molecule has 1 amide bonds. The number of nitrogens with one attached hydrogen (secondary N) is 1. The topological polar surface area (TPSA) is 101 Å². The third kappa shape index (κ3) is 6.03. The van der Waals surface area contributed by atoms with E-state index < -0.39 is 10.0 Å². The Hall–Kier alpha value is -3.76. The van der Waals surface area contributed by atoms with Crippen LogP contribution in [0.5, 0.6) is 5.75 Å². The maximum atomic E-state index is 12.7. The molecule has 0 saturated heterocycles. The van der Waals surface area contributed by atoms with Gasteiger partial charge in [-0.2, -0.15) is 0 Å². The van der Waals surface area contributed by atoms with Gasteiger partial charge in [-0.15, -0.1) is 10.2 Å². The first-order valence-electron chi connectivity index (χ1n) is 10.7. The first-order chi connectivity index (χ1) is 16.7. The van der Waals surface area contributed by atoms with E-state index in [0.29, 0.717) is 21.4 Å². The molecule has 1 aromatic heterocycles. The summed E-state index contributed by atoms with van der Waals surface area (Å²) in [6, 6.07) is 21.5. The van der Waals surface area contributed by atoms with E-state index in [-0.39, 0.29) is 12.5 Å². The monoisotopic (exact) mass is 508 g/mol. The van der Waals surface area contributed by atoms with E-state index in [1.165, 1.54) is 15.6 Å². The molecule has 0 spiro atoms. The Kier molecular flexibility index (Phi) is 7.13. The molecule has 4 rings (SSSR count). The fourth-order valence-electron chi connectivity index (χ4n) is 3.33. The number of rotatable bonds is 8. The second-order valence-corrected chi connectivity index (χ2v) is 10.8. The van der Waals surface area contributed by atoms with Gasteiger partial charge in [0.15, 0.2) is 0 Å². The molecule has 0 radical (unpaired) electrons. The van der Waals surface area contributed by atoms with Crippen LogP contribution < -0.4 is 14.4 Å². The molecule has 4 aromatic rings. The van der Waals surface area contributed by atoms with Crippen molar-refractivity contribution in [3.63, 3.8) is 0 Å².